The average molecular weight is 284 g/mol. The molecule has 0 unspecified atom stereocenters. The molecule has 3 N–H and O–H groups in total. The van der Waals surface area contributed by atoms with E-state index in [2.05, 4.69) is 5.32 Å². The number of benzene rings is 2. The SMILES string of the molecule is CCOc1ccccc1NCc1ccc(C(N)=O)cc1C. The molecule has 21 heavy (non-hydrogen) atoms. The first kappa shape index (κ1) is 14.9. The van der Waals surface area contributed by atoms with E-state index in [0.717, 1.165) is 22.6 Å². The van der Waals surface area contributed by atoms with Gasteiger partial charge in [0.15, 0.2) is 0 Å². The molecule has 2 aromatic rings. The topological polar surface area (TPSA) is 64.3 Å². The molecule has 0 fully saturated rings. The summed E-state index contributed by atoms with van der Waals surface area (Å²) < 4.78 is 5.58. The van der Waals surface area contributed by atoms with Crippen molar-refractivity contribution in [3.05, 3.63) is 59.2 Å². The van der Waals surface area contributed by atoms with Gasteiger partial charge in [0.05, 0.1) is 12.3 Å². The van der Waals surface area contributed by atoms with Gasteiger partial charge in [-0.1, -0.05) is 18.2 Å². The number of para-hydroxylation sites is 2. The first-order chi connectivity index (χ1) is 10.1. The van der Waals surface area contributed by atoms with Gasteiger partial charge < -0.3 is 15.8 Å². The molecule has 2 rings (SSSR count). The van der Waals surface area contributed by atoms with Gasteiger partial charge in [-0.25, -0.2) is 0 Å². The van der Waals surface area contributed by atoms with Crippen molar-refractivity contribution in [1.29, 1.82) is 0 Å². The molecule has 0 atom stereocenters. The quantitative estimate of drug-likeness (QED) is 0.856. The predicted octanol–water partition coefficient (Wildman–Crippen LogP) is 3.10. The Morgan fingerprint density at radius 1 is 1.24 bits per heavy atom. The first-order valence-corrected chi connectivity index (χ1v) is 6.97. The van der Waals surface area contributed by atoms with Crippen molar-refractivity contribution in [3.8, 4) is 5.75 Å². The highest BCUT2D eigenvalue weighted by atomic mass is 16.5. The number of ether oxygens (including phenoxy) is 1. The maximum atomic E-state index is 11.2. The summed E-state index contributed by atoms with van der Waals surface area (Å²) in [7, 11) is 0. The van der Waals surface area contributed by atoms with Gasteiger partial charge in [0.1, 0.15) is 5.75 Å². The third-order valence-corrected chi connectivity index (χ3v) is 3.28. The summed E-state index contributed by atoms with van der Waals surface area (Å²) in [5.74, 6) is 0.436. The van der Waals surface area contributed by atoms with Crippen LogP contribution in [0.1, 0.15) is 28.4 Å². The molecule has 0 aliphatic rings. The Morgan fingerprint density at radius 3 is 2.67 bits per heavy atom. The summed E-state index contributed by atoms with van der Waals surface area (Å²) in [6.45, 7) is 5.22. The Bertz CT molecular complexity index is 638. The normalized spacial score (nSPS) is 10.2. The van der Waals surface area contributed by atoms with Crippen LogP contribution in [0, 0.1) is 6.92 Å². The highest BCUT2D eigenvalue weighted by molar-refractivity contribution is 5.93. The van der Waals surface area contributed by atoms with E-state index in [1.54, 1.807) is 6.07 Å². The molecule has 0 saturated carbocycles. The molecule has 2 aromatic carbocycles. The molecule has 0 saturated heterocycles. The summed E-state index contributed by atoms with van der Waals surface area (Å²) >= 11 is 0. The highest BCUT2D eigenvalue weighted by Gasteiger charge is 2.06. The first-order valence-electron chi connectivity index (χ1n) is 6.97. The van der Waals surface area contributed by atoms with E-state index in [9.17, 15) is 4.79 Å². The molecule has 110 valence electrons. The number of nitrogens with two attached hydrogens (primary N) is 1. The molecule has 0 aliphatic carbocycles. The molecule has 1 amide bonds. The summed E-state index contributed by atoms with van der Waals surface area (Å²) in [5, 5.41) is 3.36. The second kappa shape index (κ2) is 6.79. The zero-order valence-electron chi connectivity index (χ0n) is 12.3. The third-order valence-electron chi connectivity index (χ3n) is 3.28. The van der Waals surface area contributed by atoms with Gasteiger partial charge in [0.25, 0.3) is 0 Å². The standard InChI is InChI=1S/C17H20N2O2/c1-3-21-16-7-5-4-6-15(16)19-11-14-9-8-13(17(18)20)10-12(14)2/h4-10,19H,3,11H2,1-2H3,(H2,18,20). The van der Waals surface area contributed by atoms with E-state index < -0.39 is 5.91 Å². The van der Waals surface area contributed by atoms with Crippen LogP contribution in [0.15, 0.2) is 42.5 Å². The van der Waals surface area contributed by atoms with Crippen LogP contribution in [0.3, 0.4) is 0 Å². The highest BCUT2D eigenvalue weighted by Crippen LogP contribution is 2.24. The molecule has 0 radical (unpaired) electrons. The molecule has 0 aliphatic heterocycles. The molecule has 4 nitrogen and oxygen atoms in total. The van der Waals surface area contributed by atoms with Crippen molar-refractivity contribution in [2.24, 2.45) is 5.73 Å². The lowest BCUT2D eigenvalue weighted by atomic mass is 10.0. The lowest BCUT2D eigenvalue weighted by molar-refractivity contribution is 0.1000. The number of carbonyl (C=O) groups is 1. The van der Waals surface area contributed by atoms with Crippen LogP contribution in [0.4, 0.5) is 5.69 Å². The molecular formula is C17H20N2O2. The fourth-order valence-corrected chi connectivity index (χ4v) is 2.13. The van der Waals surface area contributed by atoms with Gasteiger partial charge in [-0.15, -0.1) is 0 Å². The summed E-state index contributed by atoms with van der Waals surface area (Å²) in [6, 6.07) is 13.3. The van der Waals surface area contributed by atoms with Gasteiger partial charge in [0.2, 0.25) is 5.91 Å². The number of rotatable bonds is 6. The van der Waals surface area contributed by atoms with Crippen molar-refractivity contribution in [3.63, 3.8) is 0 Å². The number of hydrogen-bond donors (Lipinski definition) is 2. The van der Waals surface area contributed by atoms with Crippen molar-refractivity contribution < 1.29 is 9.53 Å². The van der Waals surface area contributed by atoms with Gasteiger partial charge in [-0.3, -0.25) is 4.79 Å². The van der Waals surface area contributed by atoms with Crippen LogP contribution in [0.5, 0.6) is 5.75 Å². The van der Waals surface area contributed by atoms with E-state index in [-0.39, 0.29) is 0 Å². The molecule has 0 heterocycles. The van der Waals surface area contributed by atoms with Crippen molar-refractivity contribution in [2.75, 3.05) is 11.9 Å². The van der Waals surface area contributed by atoms with Crippen LogP contribution in [0.2, 0.25) is 0 Å². The summed E-state index contributed by atoms with van der Waals surface area (Å²) in [4.78, 5) is 11.2. The third kappa shape index (κ3) is 3.75. The van der Waals surface area contributed by atoms with E-state index in [0.29, 0.717) is 18.7 Å². The molecular weight excluding hydrogens is 264 g/mol. The van der Waals surface area contributed by atoms with Crippen molar-refractivity contribution in [2.45, 2.75) is 20.4 Å². The predicted molar refractivity (Wildman–Crippen MR) is 84.6 cm³/mol. The van der Waals surface area contributed by atoms with Gasteiger partial charge >= 0.3 is 0 Å². The second-order valence-corrected chi connectivity index (χ2v) is 4.79. The van der Waals surface area contributed by atoms with Gasteiger partial charge in [-0.05, 0) is 49.2 Å². The second-order valence-electron chi connectivity index (χ2n) is 4.79. The lowest BCUT2D eigenvalue weighted by Crippen LogP contribution is -2.12. The van der Waals surface area contributed by atoms with Crippen LogP contribution in [-0.2, 0) is 6.54 Å². The number of aryl methyl sites for hydroxylation is 1. The minimum Gasteiger partial charge on any atom is -0.492 e. The number of carbonyl (C=O) groups excluding carboxylic acids is 1. The van der Waals surface area contributed by atoms with Crippen LogP contribution in [-0.4, -0.2) is 12.5 Å². The van der Waals surface area contributed by atoms with E-state index in [1.165, 1.54) is 0 Å². The smallest absolute Gasteiger partial charge is 0.248 e. The zero-order valence-corrected chi connectivity index (χ0v) is 12.3. The maximum Gasteiger partial charge on any atom is 0.248 e. The fraction of sp³-hybridized carbons (Fsp3) is 0.235. The van der Waals surface area contributed by atoms with Gasteiger partial charge in [-0.2, -0.15) is 0 Å². The van der Waals surface area contributed by atoms with Crippen LogP contribution in [0.25, 0.3) is 0 Å². The number of hydrogen-bond acceptors (Lipinski definition) is 3. The summed E-state index contributed by atoms with van der Waals surface area (Å²) in [5.41, 5.74) is 8.92. The van der Waals surface area contributed by atoms with E-state index in [1.807, 2.05) is 50.2 Å². The average Bonchev–Trinajstić information content (AvgIpc) is 2.47. The molecule has 0 spiro atoms. The van der Waals surface area contributed by atoms with Gasteiger partial charge in [0, 0.05) is 12.1 Å². The van der Waals surface area contributed by atoms with Crippen LogP contribution >= 0.6 is 0 Å². The number of nitrogens with one attached hydrogen (secondary N) is 1. The zero-order chi connectivity index (χ0) is 15.2. The van der Waals surface area contributed by atoms with Crippen molar-refractivity contribution >= 4 is 11.6 Å². The molecule has 4 heteroatoms. The number of amides is 1. The Morgan fingerprint density at radius 2 is 2.00 bits per heavy atom. The minimum atomic E-state index is -0.403. The Labute approximate surface area is 124 Å². The number of primary amides is 1. The largest absolute Gasteiger partial charge is 0.492 e. The lowest BCUT2D eigenvalue weighted by Gasteiger charge is -2.13. The monoisotopic (exact) mass is 284 g/mol. The molecule has 0 aromatic heterocycles. The summed E-state index contributed by atoms with van der Waals surface area (Å²) in [6.07, 6.45) is 0. The Balaban J connectivity index is 2.11. The van der Waals surface area contributed by atoms with Crippen molar-refractivity contribution in [1.82, 2.24) is 0 Å². The Hall–Kier alpha value is -2.49. The van der Waals surface area contributed by atoms with E-state index in [4.69, 9.17) is 10.5 Å². The number of anilines is 1. The molecule has 0 bridgehead atoms. The van der Waals surface area contributed by atoms with Crippen LogP contribution < -0.4 is 15.8 Å². The van der Waals surface area contributed by atoms with E-state index >= 15 is 0 Å². The maximum absolute atomic E-state index is 11.2. The Kier molecular flexibility index (Phi) is 4.82. The minimum absolute atomic E-state index is 0.403. The fourth-order valence-electron chi connectivity index (χ4n) is 2.13.